The number of sulfonamides is 1. The SMILES string of the molecule is C/C=C/C=C\C=C\CN(C1Cc2cc(C#N)ccc2N(Cc2cncn2C)C1)S(=O)(=O)c1ccccn1. The maximum absolute atomic E-state index is 13.8. The van der Waals surface area contributed by atoms with E-state index in [-0.39, 0.29) is 17.6 Å². The van der Waals surface area contributed by atoms with Gasteiger partial charge in [-0.1, -0.05) is 42.5 Å². The molecule has 1 aromatic carbocycles. The molecule has 0 fully saturated rings. The first-order chi connectivity index (χ1) is 17.9. The molecule has 8 nitrogen and oxygen atoms in total. The second kappa shape index (κ2) is 11.8. The molecule has 0 N–H and O–H groups in total. The normalized spacial score (nSPS) is 16.2. The quantitative estimate of drug-likeness (QED) is 0.401. The number of aromatic nitrogens is 3. The van der Waals surface area contributed by atoms with Crippen LogP contribution >= 0.6 is 0 Å². The van der Waals surface area contributed by atoms with Crippen molar-refractivity contribution < 1.29 is 8.42 Å². The van der Waals surface area contributed by atoms with Crippen LogP contribution < -0.4 is 4.90 Å². The third-order valence-corrected chi connectivity index (χ3v) is 8.11. The molecule has 37 heavy (non-hydrogen) atoms. The highest BCUT2D eigenvalue weighted by Gasteiger charge is 2.36. The van der Waals surface area contributed by atoms with E-state index in [1.165, 1.54) is 16.6 Å². The van der Waals surface area contributed by atoms with Crippen molar-refractivity contribution in [1.82, 2.24) is 18.8 Å². The lowest BCUT2D eigenvalue weighted by Crippen LogP contribution is -2.50. The van der Waals surface area contributed by atoms with Crippen LogP contribution in [-0.2, 0) is 30.0 Å². The maximum Gasteiger partial charge on any atom is 0.261 e. The Balaban J connectivity index is 1.73. The van der Waals surface area contributed by atoms with Gasteiger partial charge in [-0.15, -0.1) is 0 Å². The molecular formula is C28H30N6O2S. The van der Waals surface area contributed by atoms with Crippen LogP contribution in [0.3, 0.4) is 0 Å². The molecule has 1 aliphatic heterocycles. The number of allylic oxidation sites excluding steroid dienone is 5. The summed E-state index contributed by atoms with van der Waals surface area (Å²) in [6.45, 7) is 3.17. The van der Waals surface area contributed by atoms with Crippen LogP contribution in [0.25, 0.3) is 0 Å². The average molecular weight is 515 g/mol. The van der Waals surface area contributed by atoms with Gasteiger partial charge in [-0.25, -0.2) is 18.4 Å². The Bertz CT molecular complexity index is 1450. The average Bonchev–Trinajstić information content (AvgIpc) is 3.32. The molecule has 0 amide bonds. The van der Waals surface area contributed by atoms with Crippen LogP contribution in [0.2, 0.25) is 0 Å². The molecule has 190 valence electrons. The number of hydrogen-bond acceptors (Lipinski definition) is 6. The number of rotatable bonds is 9. The van der Waals surface area contributed by atoms with Gasteiger partial charge in [-0.05, 0) is 49.2 Å². The van der Waals surface area contributed by atoms with Crippen LogP contribution in [0, 0.1) is 11.3 Å². The molecule has 1 aliphatic rings. The van der Waals surface area contributed by atoms with Crippen LogP contribution in [0.5, 0.6) is 0 Å². The number of aryl methyl sites for hydroxylation is 1. The summed E-state index contributed by atoms with van der Waals surface area (Å²) in [4.78, 5) is 10.6. The van der Waals surface area contributed by atoms with E-state index in [2.05, 4.69) is 20.9 Å². The van der Waals surface area contributed by atoms with Crippen LogP contribution in [0.1, 0.15) is 23.7 Å². The Morgan fingerprint density at radius 3 is 2.73 bits per heavy atom. The number of pyridine rings is 1. The fraction of sp³-hybridized carbons (Fsp3) is 0.250. The van der Waals surface area contributed by atoms with Crippen molar-refractivity contribution in [1.29, 1.82) is 5.26 Å². The number of imidazole rings is 1. The highest BCUT2D eigenvalue weighted by atomic mass is 32.2. The summed E-state index contributed by atoms with van der Waals surface area (Å²) in [6, 6.07) is 12.4. The first-order valence-corrected chi connectivity index (χ1v) is 13.5. The van der Waals surface area contributed by atoms with E-state index in [1.54, 1.807) is 24.5 Å². The molecule has 0 spiro atoms. The summed E-state index contributed by atoms with van der Waals surface area (Å²) in [5.74, 6) is 0. The molecule has 3 heterocycles. The standard InChI is InChI=1S/C28H30N6O2S/c1-3-4-5-6-7-10-15-34(37(35,36)28-11-8-9-14-31-28)25-17-24-16-23(18-29)12-13-27(24)33(20-25)21-26-19-30-22-32(26)2/h3-14,16,19,22,25H,15,17,20-21H2,1-2H3/b4-3+,6-5-,10-7+. The smallest absolute Gasteiger partial charge is 0.261 e. The van der Waals surface area contributed by atoms with Gasteiger partial charge in [0.25, 0.3) is 10.0 Å². The van der Waals surface area contributed by atoms with Gasteiger partial charge in [-0.2, -0.15) is 9.57 Å². The summed E-state index contributed by atoms with van der Waals surface area (Å²) in [5.41, 5.74) is 3.49. The van der Waals surface area contributed by atoms with Gasteiger partial charge in [0.2, 0.25) is 0 Å². The summed E-state index contributed by atoms with van der Waals surface area (Å²) in [7, 11) is -1.95. The lowest BCUT2D eigenvalue weighted by Gasteiger charge is -2.40. The monoisotopic (exact) mass is 514 g/mol. The lowest BCUT2D eigenvalue weighted by atomic mass is 9.95. The highest BCUT2D eigenvalue weighted by molar-refractivity contribution is 7.89. The van der Waals surface area contributed by atoms with Gasteiger partial charge in [0.1, 0.15) is 0 Å². The minimum absolute atomic E-state index is 0.0163. The molecule has 0 bridgehead atoms. The first kappa shape index (κ1) is 26.1. The summed E-state index contributed by atoms with van der Waals surface area (Å²) < 4.78 is 31.1. The molecule has 2 aromatic heterocycles. The van der Waals surface area contributed by atoms with Gasteiger partial charge in [0.15, 0.2) is 5.03 Å². The molecule has 0 saturated heterocycles. The largest absolute Gasteiger partial charge is 0.364 e. The Labute approximate surface area is 218 Å². The number of anilines is 1. The molecule has 3 aromatic rings. The third-order valence-electron chi connectivity index (χ3n) is 6.27. The fourth-order valence-corrected chi connectivity index (χ4v) is 5.92. The van der Waals surface area contributed by atoms with E-state index in [1.807, 2.05) is 73.3 Å². The summed E-state index contributed by atoms with van der Waals surface area (Å²) in [5, 5.41) is 9.51. The summed E-state index contributed by atoms with van der Waals surface area (Å²) in [6.07, 6.45) is 16.8. The van der Waals surface area contributed by atoms with E-state index in [4.69, 9.17) is 0 Å². The molecular weight excluding hydrogens is 484 g/mol. The zero-order chi connectivity index (χ0) is 26.3. The number of hydrogen-bond donors (Lipinski definition) is 0. The minimum atomic E-state index is -3.89. The van der Waals surface area contributed by atoms with Gasteiger partial charge < -0.3 is 9.47 Å². The molecule has 0 radical (unpaired) electrons. The van der Waals surface area contributed by atoms with E-state index in [9.17, 15) is 13.7 Å². The van der Waals surface area contributed by atoms with Gasteiger partial charge in [0, 0.05) is 44.3 Å². The van der Waals surface area contributed by atoms with Crippen molar-refractivity contribution in [2.24, 2.45) is 7.05 Å². The Morgan fingerprint density at radius 2 is 2.03 bits per heavy atom. The summed E-state index contributed by atoms with van der Waals surface area (Å²) >= 11 is 0. The number of nitriles is 1. The second-order valence-corrected chi connectivity index (χ2v) is 10.6. The Hall–Kier alpha value is -4.00. The van der Waals surface area contributed by atoms with E-state index in [0.29, 0.717) is 25.1 Å². The predicted octanol–water partition coefficient (Wildman–Crippen LogP) is 4.00. The third kappa shape index (κ3) is 6.05. The van der Waals surface area contributed by atoms with Crippen LogP contribution in [0.4, 0.5) is 5.69 Å². The first-order valence-electron chi connectivity index (χ1n) is 12.0. The van der Waals surface area contributed by atoms with Gasteiger partial charge >= 0.3 is 0 Å². The highest BCUT2D eigenvalue weighted by Crippen LogP contribution is 2.33. The van der Waals surface area contributed by atoms with Gasteiger partial charge in [0.05, 0.1) is 30.2 Å². The van der Waals surface area contributed by atoms with Crippen molar-refractivity contribution in [2.75, 3.05) is 18.0 Å². The zero-order valence-corrected chi connectivity index (χ0v) is 21.8. The topological polar surface area (TPSA) is 95.1 Å². The van der Waals surface area contributed by atoms with Crippen molar-refractivity contribution >= 4 is 15.7 Å². The van der Waals surface area contributed by atoms with E-state index in [0.717, 1.165) is 16.9 Å². The second-order valence-electron chi connectivity index (χ2n) is 8.77. The molecule has 4 rings (SSSR count). The fourth-order valence-electron chi connectivity index (χ4n) is 4.42. The number of benzene rings is 1. The van der Waals surface area contributed by atoms with E-state index >= 15 is 0 Å². The van der Waals surface area contributed by atoms with Crippen LogP contribution in [0.15, 0.2) is 96.6 Å². The number of fused-ring (bicyclic) bond motifs is 1. The number of nitrogens with zero attached hydrogens (tertiary/aromatic N) is 6. The zero-order valence-electron chi connectivity index (χ0n) is 21.0. The van der Waals surface area contributed by atoms with Crippen molar-refractivity contribution in [3.05, 3.63) is 108 Å². The molecule has 1 unspecified atom stereocenters. The lowest BCUT2D eigenvalue weighted by molar-refractivity contribution is 0.330. The van der Waals surface area contributed by atoms with Gasteiger partial charge in [-0.3, -0.25) is 0 Å². The van der Waals surface area contributed by atoms with E-state index < -0.39 is 10.0 Å². The molecule has 1 atom stereocenters. The molecule has 0 aliphatic carbocycles. The molecule has 0 saturated carbocycles. The predicted molar refractivity (Wildman–Crippen MR) is 144 cm³/mol. The van der Waals surface area contributed by atoms with Crippen molar-refractivity contribution in [3.63, 3.8) is 0 Å². The minimum Gasteiger partial charge on any atom is -0.364 e. The van der Waals surface area contributed by atoms with Crippen molar-refractivity contribution in [3.8, 4) is 6.07 Å². The Kier molecular flexibility index (Phi) is 8.33. The van der Waals surface area contributed by atoms with Crippen molar-refractivity contribution in [2.45, 2.75) is 31.0 Å². The maximum atomic E-state index is 13.8. The molecule has 9 heteroatoms. The Morgan fingerprint density at radius 1 is 1.19 bits per heavy atom. The van der Waals surface area contributed by atoms with Crippen LogP contribution in [-0.4, -0.2) is 46.4 Å².